The van der Waals surface area contributed by atoms with Crippen LogP contribution < -0.4 is 16.0 Å². The van der Waals surface area contributed by atoms with E-state index in [2.05, 4.69) is 46.7 Å². The Morgan fingerprint density at radius 1 is 0.969 bits per heavy atom. The second kappa shape index (κ2) is 9.58. The number of imidazole rings is 1. The molecule has 3 rings (SSSR count). The highest BCUT2D eigenvalue weighted by Gasteiger charge is 2.18. The summed E-state index contributed by atoms with van der Waals surface area (Å²) in [4.78, 5) is 44.1. The molecular weight excluding hydrogens is 453 g/mol. The van der Waals surface area contributed by atoms with Gasteiger partial charge in [-0.15, -0.1) is 0 Å². The van der Waals surface area contributed by atoms with E-state index in [0.29, 0.717) is 10.7 Å². The van der Waals surface area contributed by atoms with E-state index in [1.807, 2.05) is 6.07 Å². The average Bonchev–Trinajstić information content (AvgIpc) is 3.14. The van der Waals surface area contributed by atoms with E-state index in [4.69, 9.17) is 23.2 Å². The van der Waals surface area contributed by atoms with E-state index in [1.165, 1.54) is 18.2 Å². The molecule has 10 heteroatoms. The van der Waals surface area contributed by atoms with Crippen LogP contribution in [0.4, 0.5) is 5.69 Å². The monoisotopic (exact) mass is 475 g/mol. The second-order valence-corrected chi connectivity index (χ2v) is 9.04. The van der Waals surface area contributed by atoms with Gasteiger partial charge in [0.25, 0.3) is 5.91 Å². The van der Waals surface area contributed by atoms with Crippen molar-refractivity contribution in [2.24, 2.45) is 0 Å². The van der Waals surface area contributed by atoms with Gasteiger partial charge in [-0.1, -0.05) is 44.0 Å². The molecular formula is C22H23Cl2N5O3. The molecule has 3 aromatic rings. The van der Waals surface area contributed by atoms with E-state index in [0.717, 1.165) is 16.9 Å². The Bertz CT molecular complexity index is 1180. The Morgan fingerprint density at radius 3 is 2.38 bits per heavy atom. The first-order chi connectivity index (χ1) is 15.0. The summed E-state index contributed by atoms with van der Waals surface area (Å²) in [5.74, 6) is -0.586. The van der Waals surface area contributed by atoms with Crippen LogP contribution in [0.5, 0.6) is 0 Å². The predicted molar refractivity (Wildman–Crippen MR) is 125 cm³/mol. The Balaban J connectivity index is 1.49. The van der Waals surface area contributed by atoms with Crippen LogP contribution in [-0.4, -0.2) is 40.8 Å². The molecule has 4 N–H and O–H groups in total. The summed E-state index contributed by atoms with van der Waals surface area (Å²) in [5.41, 5.74) is 2.26. The van der Waals surface area contributed by atoms with E-state index >= 15 is 0 Å². The number of H-pyrrole nitrogens is 1. The van der Waals surface area contributed by atoms with Gasteiger partial charge in [0.2, 0.25) is 11.8 Å². The van der Waals surface area contributed by atoms with Crippen LogP contribution in [-0.2, 0) is 15.0 Å². The summed E-state index contributed by atoms with van der Waals surface area (Å²) in [7, 11) is 0. The zero-order chi connectivity index (χ0) is 23.5. The minimum atomic E-state index is -0.520. The molecule has 0 radical (unpaired) electrons. The van der Waals surface area contributed by atoms with Crippen LogP contribution in [0, 0.1) is 0 Å². The molecule has 0 atom stereocenters. The second-order valence-electron chi connectivity index (χ2n) is 8.20. The summed E-state index contributed by atoms with van der Waals surface area (Å²) < 4.78 is 0. The van der Waals surface area contributed by atoms with Crippen molar-refractivity contribution in [1.82, 2.24) is 20.6 Å². The number of halogens is 2. The lowest BCUT2D eigenvalue weighted by atomic mass is 9.96. The van der Waals surface area contributed by atoms with Gasteiger partial charge in [-0.3, -0.25) is 14.4 Å². The maximum atomic E-state index is 12.2. The Labute approximate surface area is 195 Å². The Kier molecular flexibility index (Phi) is 7.06. The number of hydrogen-bond donors (Lipinski definition) is 4. The number of aromatic nitrogens is 2. The number of fused-ring (bicyclic) bond motifs is 1. The molecule has 3 amide bonds. The van der Waals surface area contributed by atoms with Crippen LogP contribution in [0.1, 0.15) is 37.0 Å². The van der Waals surface area contributed by atoms with E-state index in [1.54, 1.807) is 12.1 Å². The van der Waals surface area contributed by atoms with Crippen molar-refractivity contribution in [2.75, 3.05) is 18.4 Å². The fourth-order valence-corrected chi connectivity index (χ4v) is 3.31. The van der Waals surface area contributed by atoms with Gasteiger partial charge in [0, 0.05) is 16.1 Å². The highest BCUT2D eigenvalue weighted by atomic mass is 35.5. The minimum Gasteiger partial charge on any atom is -0.345 e. The third-order valence-corrected chi connectivity index (χ3v) is 5.06. The first-order valence-corrected chi connectivity index (χ1v) is 10.6. The fraction of sp³-hybridized carbons (Fsp3) is 0.273. The van der Waals surface area contributed by atoms with Crippen molar-refractivity contribution < 1.29 is 14.4 Å². The lowest BCUT2D eigenvalue weighted by molar-refractivity contribution is -0.123. The lowest BCUT2D eigenvalue weighted by Gasteiger charge is -2.13. The molecule has 0 aliphatic carbocycles. The number of aromatic amines is 1. The molecule has 2 aromatic carbocycles. The summed E-state index contributed by atoms with van der Waals surface area (Å²) in [5, 5.41) is 8.20. The molecule has 1 aromatic heterocycles. The number of carbonyl (C=O) groups excluding carboxylic acids is 3. The number of benzene rings is 2. The summed E-state index contributed by atoms with van der Waals surface area (Å²) in [6.07, 6.45) is 0. The van der Waals surface area contributed by atoms with Crippen molar-refractivity contribution in [3.05, 3.63) is 57.8 Å². The van der Waals surface area contributed by atoms with Gasteiger partial charge < -0.3 is 20.9 Å². The van der Waals surface area contributed by atoms with Crippen molar-refractivity contribution >= 4 is 57.6 Å². The van der Waals surface area contributed by atoms with Crippen molar-refractivity contribution in [2.45, 2.75) is 26.2 Å². The zero-order valence-corrected chi connectivity index (χ0v) is 19.3. The normalized spacial score (nSPS) is 11.3. The number of carbonyl (C=O) groups is 3. The zero-order valence-electron chi connectivity index (χ0n) is 17.8. The van der Waals surface area contributed by atoms with Gasteiger partial charge in [-0.25, -0.2) is 4.98 Å². The average molecular weight is 476 g/mol. The quantitative estimate of drug-likeness (QED) is 0.435. The third kappa shape index (κ3) is 5.99. The minimum absolute atomic E-state index is 0.124. The van der Waals surface area contributed by atoms with Crippen LogP contribution in [0.3, 0.4) is 0 Å². The molecule has 8 nitrogen and oxygen atoms in total. The van der Waals surface area contributed by atoms with Gasteiger partial charge in [-0.05, 0) is 36.4 Å². The van der Waals surface area contributed by atoms with Gasteiger partial charge in [0.1, 0.15) is 5.82 Å². The van der Waals surface area contributed by atoms with E-state index in [9.17, 15) is 14.4 Å². The smallest absolute Gasteiger partial charge is 0.253 e. The number of anilines is 1. The first kappa shape index (κ1) is 23.6. The van der Waals surface area contributed by atoms with Gasteiger partial charge in [-0.2, -0.15) is 0 Å². The van der Waals surface area contributed by atoms with Crippen LogP contribution >= 0.6 is 23.2 Å². The van der Waals surface area contributed by atoms with Crippen LogP contribution in [0.25, 0.3) is 11.0 Å². The van der Waals surface area contributed by atoms with Crippen molar-refractivity contribution in [1.29, 1.82) is 0 Å². The first-order valence-electron chi connectivity index (χ1n) is 9.83. The largest absolute Gasteiger partial charge is 0.345 e. The Hall–Kier alpha value is -3.10. The molecule has 0 aliphatic rings. The van der Waals surface area contributed by atoms with Crippen molar-refractivity contribution in [3.63, 3.8) is 0 Å². The molecule has 0 fully saturated rings. The van der Waals surface area contributed by atoms with Gasteiger partial charge >= 0.3 is 0 Å². The topological polar surface area (TPSA) is 116 Å². The van der Waals surface area contributed by atoms with Gasteiger partial charge in [0.15, 0.2) is 0 Å². The SMILES string of the molecule is CC(C)(C)c1nc2ccc(NC(=O)CNC(=O)CNC(=O)c3ccc(Cl)cc3Cl)cc2[nH]1. The molecule has 0 bridgehead atoms. The summed E-state index contributed by atoms with van der Waals surface area (Å²) in [6, 6.07) is 9.77. The highest BCUT2D eigenvalue weighted by molar-refractivity contribution is 6.36. The molecule has 0 unspecified atom stereocenters. The summed E-state index contributed by atoms with van der Waals surface area (Å²) in [6.45, 7) is 5.62. The molecule has 1 heterocycles. The Morgan fingerprint density at radius 2 is 1.69 bits per heavy atom. The van der Waals surface area contributed by atoms with Crippen LogP contribution in [0.2, 0.25) is 10.0 Å². The lowest BCUT2D eigenvalue weighted by Crippen LogP contribution is -2.40. The van der Waals surface area contributed by atoms with E-state index < -0.39 is 17.7 Å². The molecule has 0 aliphatic heterocycles. The molecule has 0 spiro atoms. The maximum absolute atomic E-state index is 12.2. The predicted octanol–water partition coefficient (Wildman–Crippen LogP) is 3.65. The number of hydrogen-bond acceptors (Lipinski definition) is 4. The third-order valence-electron chi connectivity index (χ3n) is 4.51. The van der Waals surface area contributed by atoms with Crippen molar-refractivity contribution in [3.8, 4) is 0 Å². The number of nitrogens with zero attached hydrogens (tertiary/aromatic N) is 1. The van der Waals surface area contributed by atoms with E-state index in [-0.39, 0.29) is 29.1 Å². The standard InChI is InChI=1S/C22H23Cl2N5O3/c1-22(2,3)21-28-16-7-5-13(9-17(16)29-21)27-19(31)11-25-18(30)10-26-20(32)14-6-4-12(23)8-15(14)24/h4-9H,10-11H2,1-3H3,(H,25,30)(H,26,32)(H,27,31)(H,28,29). The van der Waals surface area contributed by atoms with Crippen LogP contribution in [0.15, 0.2) is 36.4 Å². The number of nitrogens with one attached hydrogen (secondary N) is 4. The summed E-state index contributed by atoms with van der Waals surface area (Å²) >= 11 is 11.8. The molecule has 0 saturated carbocycles. The maximum Gasteiger partial charge on any atom is 0.253 e. The number of rotatable bonds is 6. The number of amides is 3. The van der Waals surface area contributed by atoms with Gasteiger partial charge in [0.05, 0.1) is 34.7 Å². The highest BCUT2D eigenvalue weighted by Crippen LogP contribution is 2.24. The molecule has 168 valence electrons. The molecule has 0 saturated heterocycles. The fourth-order valence-electron chi connectivity index (χ4n) is 2.82. The molecule has 32 heavy (non-hydrogen) atoms.